The predicted molar refractivity (Wildman–Crippen MR) is 58.2 cm³/mol. The summed E-state index contributed by atoms with van der Waals surface area (Å²) in [4.78, 5) is 6.42. The van der Waals surface area contributed by atoms with Gasteiger partial charge in [0.05, 0.1) is 25.5 Å². The molecule has 2 rings (SSSR count). The Morgan fingerprint density at radius 1 is 1.40 bits per heavy atom. The van der Waals surface area contributed by atoms with Gasteiger partial charge in [-0.05, 0) is 12.1 Å². The Balaban J connectivity index is 2.22. The Morgan fingerprint density at radius 3 is 2.80 bits per heavy atom. The third-order valence-electron chi connectivity index (χ3n) is 2.33. The van der Waals surface area contributed by atoms with Crippen molar-refractivity contribution < 1.29 is 9.84 Å². The Hall–Kier alpha value is -0.840. The SMILES string of the molecule is OCc1cc(Cl)cc(N2CCOCC2)n1. The lowest BCUT2D eigenvalue weighted by atomic mass is 10.3. The topological polar surface area (TPSA) is 45.6 Å². The van der Waals surface area contributed by atoms with E-state index in [0.717, 1.165) is 18.9 Å². The van der Waals surface area contributed by atoms with Crippen molar-refractivity contribution in [3.8, 4) is 0 Å². The zero-order valence-corrected chi connectivity index (χ0v) is 9.07. The number of aromatic nitrogens is 1. The van der Waals surface area contributed by atoms with Gasteiger partial charge in [0, 0.05) is 18.1 Å². The lowest BCUT2D eigenvalue weighted by molar-refractivity contribution is 0.122. The lowest BCUT2D eigenvalue weighted by Crippen LogP contribution is -2.36. The molecule has 0 spiro atoms. The van der Waals surface area contributed by atoms with Gasteiger partial charge in [-0.2, -0.15) is 0 Å². The molecule has 0 aliphatic carbocycles. The summed E-state index contributed by atoms with van der Waals surface area (Å²) in [6.07, 6.45) is 0. The molecule has 0 aromatic carbocycles. The first-order valence-corrected chi connectivity index (χ1v) is 5.27. The second-order valence-electron chi connectivity index (χ2n) is 3.39. The summed E-state index contributed by atoms with van der Waals surface area (Å²) in [7, 11) is 0. The average Bonchev–Trinajstić information content (AvgIpc) is 2.29. The fraction of sp³-hybridized carbons (Fsp3) is 0.500. The van der Waals surface area contributed by atoms with E-state index in [1.165, 1.54) is 0 Å². The van der Waals surface area contributed by atoms with E-state index in [1.807, 2.05) is 6.07 Å². The highest BCUT2D eigenvalue weighted by molar-refractivity contribution is 6.30. The Kier molecular flexibility index (Phi) is 3.41. The molecule has 0 saturated carbocycles. The molecule has 1 aromatic rings. The van der Waals surface area contributed by atoms with Crippen molar-refractivity contribution in [3.05, 3.63) is 22.8 Å². The number of aliphatic hydroxyl groups excluding tert-OH is 1. The number of rotatable bonds is 2. The van der Waals surface area contributed by atoms with Crippen LogP contribution >= 0.6 is 11.6 Å². The van der Waals surface area contributed by atoms with Gasteiger partial charge in [-0.1, -0.05) is 11.6 Å². The molecule has 15 heavy (non-hydrogen) atoms. The number of morpholine rings is 1. The van der Waals surface area contributed by atoms with Crippen molar-refractivity contribution in [1.82, 2.24) is 4.98 Å². The molecule has 1 saturated heterocycles. The molecule has 2 heterocycles. The summed E-state index contributed by atoms with van der Waals surface area (Å²) < 4.78 is 5.26. The van der Waals surface area contributed by atoms with Crippen molar-refractivity contribution >= 4 is 17.4 Å². The van der Waals surface area contributed by atoms with E-state index >= 15 is 0 Å². The molecule has 1 aliphatic rings. The standard InChI is InChI=1S/C10H13ClN2O2/c11-8-5-9(7-14)12-10(6-8)13-1-3-15-4-2-13/h5-6,14H,1-4,7H2. The monoisotopic (exact) mass is 228 g/mol. The van der Waals surface area contributed by atoms with Crippen LogP contribution in [0, 0.1) is 0 Å². The smallest absolute Gasteiger partial charge is 0.130 e. The van der Waals surface area contributed by atoms with Gasteiger partial charge in [-0.15, -0.1) is 0 Å². The van der Waals surface area contributed by atoms with E-state index in [1.54, 1.807) is 6.07 Å². The Labute approximate surface area is 93.4 Å². The molecule has 1 aliphatic heterocycles. The summed E-state index contributed by atoms with van der Waals surface area (Å²) in [5, 5.41) is 9.63. The lowest BCUT2D eigenvalue weighted by Gasteiger charge is -2.28. The minimum absolute atomic E-state index is 0.0854. The highest BCUT2D eigenvalue weighted by Crippen LogP contribution is 2.19. The fourth-order valence-electron chi connectivity index (χ4n) is 1.57. The highest BCUT2D eigenvalue weighted by atomic mass is 35.5. The first-order valence-electron chi connectivity index (χ1n) is 4.89. The summed E-state index contributed by atoms with van der Waals surface area (Å²) in [5.74, 6) is 0.815. The van der Waals surface area contributed by atoms with Gasteiger partial charge in [0.1, 0.15) is 5.82 Å². The van der Waals surface area contributed by atoms with Crippen LogP contribution in [-0.2, 0) is 11.3 Å². The van der Waals surface area contributed by atoms with Crippen LogP contribution in [0.5, 0.6) is 0 Å². The molecule has 82 valence electrons. The number of pyridine rings is 1. The number of aliphatic hydroxyl groups is 1. The van der Waals surface area contributed by atoms with Gasteiger partial charge in [-0.3, -0.25) is 0 Å². The first kappa shape index (κ1) is 10.7. The van der Waals surface area contributed by atoms with E-state index in [4.69, 9.17) is 21.4 Å². The maximum Gasteiger partial charge on any atom is 0.130 e. The molecular formula is C10H13ClN2O2. The van der Waals surface area contributed by atoms with Crippen molar-refractivity contribution in [2.24, 2.45) is 0 Å². The molecule has 1 aromatic heterocycles. The summed E-state index contributed by atoms with van der Waals surface area (Å²) in [6, 6.07) is 3.48. The second kappa shape index (κ2) is 4.79. The second-order valence-corrected chi connectivity index (χ2v) is 3.83. The number of ether oxygens (including phenoxy) is 1. The van der Waals surface area contributed by atoms with Gasteiger partial charge in [-0.25, -0.2) is 4.98 Å². The highest BCUT2D eigenvalue weighted by Gasteiger charge is 2.13. The first-order chi connectivity index (χ1) is 7.29. The summed E-state index contributed by atoms with van der Waals surface area (Å²) >= 11 is 5.94. The minimum atomic E-state index is -0.0854. The van der Waals surface area contributed by atoms with Crippen molar-refractivity contribution in [2.75, 3.05) is 31.2 Å². The van der Waals surface area contributed by atoms with Crippen LogP contribution in [0.25, 0.3) is 0 Å². The van der Waals surface area contributed by atoms with E-state index in [2.05, 4.69) is 9.88 Å². The van der Waals surface area contributed by atoms with Gasteiger partial charge >= 0.3 is 0 Å². The van der Waals surface area contributed by atoms with E-state index in [0.29, 0.717) is 23.9 Å². The molecule has 0 bridgehead atoms. The molecule has 0 radical (unpaired) electrons. The number of hydrogen-bond donors (Lipinski definition) is 1. The van der Waals surface area contributed by atoms with Crippen LogP contribution in [0.4, 0.5) is 5.82 Å². The fourth-order valence-corrected chi connectivity index (χ4v) is 1.79. The molecule has 5 heteroatoms. The molecule has 0 amide bonds. The summed E-state index contributed by atoms with van der Waals surface area (Å²) in [5.41, 5.74) is 0.601. The quantitative estimate of drug-likeness (QED) is 0.823. The van der Waals surface area contributed by atoms with Crippen molar-refractivity contribution in [3.63, 3.8) is 0 Å². The molecular weight excluding hydrogens is 216 g/mol. The van der Waals surface area contributed by atoms with Crippen LogP contribution in [0.15, 0.2) is 12.1 Å². The zero-order chi connectivity index (χ0) is 10.7. The third-order valence-corrected chi connectivity index (χ3v) is 2.54. The van der Waals surface area contributed by atoms with Gasteiger partial charge in [0.25, 0.3) is 0 Å². The summed E-state index contributed by atoms with van der Waals surface area (Å²) in [6.45, 7) is 2.97. The van der Waals surface area contributed by atoms with Crippen LogP contribution in [0.3, 0.4) is 0 Å². The average molecular weight is 229 g/mol. The molecule has 4 nitrogen and oxygen atoms in total. The molecule has 1 fully saturated rings. The Bertz CT molecular complexity index is 340. The van der Waals surface area contributed by atoms with Crippen LogP contribution in [0.2, 0.25) is 5.02 Å². The number of hydrogen-bond acceptors (Lipinski definition) is 4. The van der Waals surface area contributed by atoms with E-state index in [9.17, 15) is 0 Å². The largest absolute Gasteiger partial charge is 0.390 e. The number of anilines is 1. The predicted octanol–water partition coefficient (Wildman–Crippen LogP) is 1.06. The molecule has 0 atom stereocenters. The third kappa shape index (κ3) is 2.59. The van der Waals surface area contributed by atoms with E-state index < -0.39 is 0 Å². The molecule has 0 unspecified atom stereocenters. The van der Waals surface area contributed by atoms with Gasteiger partial charge in [0.2, 0.25) is 0 Å². The number of nitrogens with zero attached hydrogens (tertiary/aromatic N) is 2. The minimum Gasteiger partial charge on any atom is -0.390 e. The van der Waals surface area contributed by atoms with Gasteiger partial charge in [0.15, 0.2) is 0 Å². The zero-order valence-electron chi connectivity index (χ0n) is 8.32. The van der Waals surface area contributed by atoms with Crippen LogP contribution < -0.4 is 4.90 Å². The van der Waals surface area contributed by atoms with Crippen LogP contribution in [-0.4, -0.2) is 36.4 Å². The molecule has 1 N–H and O–H groups in total. The van der Waals surface area contributed by atoms with E-state index in [-0.39, 0.29) is 6.61 Å². The van der Waals surface area contributed by atoms with Crippen LogP contribution in [0.1, 0.15) is 5.69 Å². The normalized spacial score (nSPS) is 16.8. The van der Waals surface area contributed by atoms with Crippen molar-refractivity contribution in [1.29, 1.82) is 0 Å². The maximum atomic E-state index is 9.02. The number of halogens is 1. The Morgan fingerprint density at radius 2 is 2.13 bits per heavy atom. The van der Waals surface area contributed by atoms with Gasteiger partial charge < -0.3 is 14.7 Å². The maximum absolute atomic E-state index is 9.02. The van der Waals surface area contributed by atoms with Crippen molar-refractivity contribution in [2.45, 2.75) is 6.61 Å².